The van der Waals surface area contributed by atoms with E-state index >= 15 is 0 Å². The zero-order valence-corrected chi connectivity index (χ0v) is 12.6. The standard InChI is InChI=1S/C12H10ClFN4O2S/c1-6-3-8(14)11-7(4-9(16-11)21(13,19)20)10(6)12-15-5-18(2)17-12/h3-5,16H,1-2H3. The molecule has 0 aliphatic carbocycles. The Balaban J connectivity index is 2.41. The van der Waals surface area contributed by atoms with E-state index in [4.69, 9.17) is 10.7 Å². The van der Waals surface area contributed by atoms with Crippen molar-refractivity contribution in [3.05, 3.63) is 29.8 Å². The largest absolute Gasteiger partial charge is 0.342 e. The molecular formula is C12H10ClFN4O2S. The van der Waals surface area contributed by atoms with E-state index in [1.807, 2.05) is 0 Å². The molecule has 0 bridgehead atoms. The van der Waals surface area contributed by atoms with Crippen LogP contribution in [0.25, 0.3) is 22.3 Å². The molecule has 110 valence electrons. The Bertz CT molecular complexity index is 961. The smallest absolute Gasteiger partial charge is 0.276 e. The summed E-state index contributed by atoms with van der Waals surface area (Å²) in [5, 5.41) is 4.29. The molecule has 2 aromatic heterocycles. The minimum Gasteiger partial charge on any atom is -0.342 e. The molecule has 6 nitrogen and oxygen atoms in total. The van der Waals surface area contributed by atoms with Gasteiger partial charge >= 0.3 is 0 Å². The van der Waals surface area contributed by atoms with Gasteiger partial charge in [-0.15, -0.1) is 0 Å². The number of aromatic nitrogens is 4. The van der Waals surface area contributed by atoms with Crippen LogP contribution in [0.5, 0.6) is 0 Å². The number of hydrogen-bond donors (Lipinski definition) is 1. The molecule has 0 amide bonds. The van der Waals surface area contributed by atoms with Crippen molar-refractivity contribution in [2.24, 2.45) is 7.05 Å². The van der Waals surface area contributed by atoms with Gasteiger partial charge in [0.25, 0.3) is 9.05 Å². The van der Waals surface area contributed by atoms with Crippen LogP contribution in [-0.2, 0) is 16.1 Å². The van der Waals surface area contributed by atoms with Crippen LogP contribution >= 0.6 is 10.7 Å². The van der Waals surface area contributed by atoms with Gasteiger partial charge in [0.05, 0.1) is 5.52 Å². The highest BCUT2D eigenvalue weighted by Crippen LogP contribution is 2.33. The fraction of sp³-hybridized carbons (Fsp3) is 0.167. The predicted molar refractivity (Wildman–Crippen MR) is 76.0 cm³/mol. The van der Waals surface area contributed by atoms with Crippen molar-refractivity contribution in [1.29, 1.82) is 0 Å². The first-order valence-electron chi connectivity index (χ1n) is 5.90. The summed E-state index contributed by atoms with van der Waals surface area (Å²) in [5.41, 5.74) is 1.22. The highest BCUT2D eigenvalue weighted by atomic mass is 35.7. The van der Waals surface area contributed by atoms with Gasteiger partial charge in [0, 0.05) is 28.7 Å². The summed E-state index contributed by atoms with van der Waals surface area (Å²) < 4.78 is 38.4. The normalized spacial score (nSPS) is 12.2. The first-order valence-corrected chi connectivity index (χ1v) is 8.21. The zero-order chi connectivity index (χ0) is 15.4. The molecular weight excluding hydrogens is 319 g/mol. The minimum absolute atomic E-state index is 0.0577. The molecule has 0 aliphatic rings. The van der Waals surface area contributed by atoms with E-state index in [2.05, 4.69) is 15.1 Å². The van der Waals surface area contributed by atoms with Crippen molar-refractivity contribution in [3.8, 4) is 11.4 Å². The summed E-state index contributed by atoms with van der Waals surface area (Å²) in [5.74, 6) is -0.175. The summed E-state index contributed by atoms with van der Waals surface area (Å²) in [6, 6.07) is 2.59. The van der Waals surface area contributed by atoms with Crippen molar-refractivity contribution < 1.29 is 12.8 Å². The Morgan fingerprint density at radius 1 is 1.38 bits per heavy atom. The molecule has 9 heteroatoms. The number of halogens is 2. The molecule has 0 aliphatic heterocycles. The van der Waals surface area contributed by atoms with Gasteiger partial charge in [0.15, 0.2) is 5.82 Å². The molecule has 0 unspecified atom stereocenters. The maximum absolute atomic E-state index is 14.0. The SMILES string of the molecule is Cc1cc(F)c2[nH]c(S(=O)(=O)Cl)cc2c1-c1ncn(C)n1. The molecule has 0 saturated carbocycles. The highest BCUT2D eigenvalue weighted by Gasteiger charge is 2.21. The van der Waals surface area contributed by atoms with Gasteiger partial charge in [-0.05, 0) is 24.6 Å². The van der Waals surface area contributed by atoms with Gasteiger partial charge in [-0.3, -0.25) is 4.68 Å². The number of aryl methyl sites for hydroxylation is 2. The lowest BCUT2D eigenvalue weighted by Gasteiger charge is -2.04. The predicted octanol–water partition coefficient (Wildman–Crippen LogP) is 2.34. The van der Waals surface area contributed by atoms with Gasteiger partial charge in [-0.25, -0.2) is 17.8 Å². The molecule has 0 radical (unpaired) electrons. The van der Waals surface area contributed by atoms with Crippen molar-refractivity contribution in [1.82, 2.24) is 19.7 Å². The fourth-order valence-electron chi connectivity index (χ4n) is 2.24. The van der Waals surface area contributed by atoms with Gasteiger partial charge < -0.3 is 4.98 Å². The van der Waals surface area contributed by atoms with Crippen LogP contribution in [0.15, 0.2) is 23.5 Å². The van der Waals surface area contributed by atoms with Crippen LogP contribution < -0.4 is 0 Å². The van der Waals surface area contributed by atoms with Gasteiger partial charge in [-0.1, -0.05) is 0 Å². The second-order valence-corrected chi connectivity index (χ2v) is 7.19. The number of nitrogens with one attached hydrogen (secondary N) is 1. The van der Waals surface area contributed by atoms with Gasteiger partial charge in [0.2, 0.25) is 0 Å². The van der Waals surface area contributed by atoms with E-state index in [1.165, 1.54) is 23.1 Å². The van der Waals surface area contributed by atoms with E-state index in [9.17, 15) is 12.8 Å². The zero-order valence-electron chi connectivity index (χ0n) is 11.1. The molecule has 3 rings (SSSR count). The van der Waals surface area contributed by atoms with Crippen LogP contribution in [0, 0.1) is 12.7 Å². The Labute approximate surface area is 124 Å². The monoisotopic (exact) mass is 328 g/mol. The molecule has 1 N–H and O–H groups in total. The molecule has 0 fully saturated rings. The molecule has 3 aromatic rings. The third-order valence-electron chi connectivity index (χ3n) is 3.12. The lowest BCUT2D eigenvalue weighted by atomic mass is 10.0. The van der Waals surface area contributed by atoms with Crippen molar-refractivity contribution >= 4 is 30.6 Å². The maximum atomic E-state index is 14.0. The average Bonchev–Trinajstić information content (AvgIpc) is 2.95. The number of aromatic amines is 1. The van der Waals surface area contributed by atoms with Crippen molar-refractivity contribution in [2.45, 2.75) is 11.9 Å². The Morgan fingerprint density at radius 2 is 2.10 bits per heavy atom. The third-order valence-corrected chi connectivity index (χ3v) is 4.37. The third kappa shape index (κ3) is 2.30. The average molecular weight is 329 g/mol. The molecule has 21 heavy (non-hydrogen) atoms. The summed E-state index contributed by atoms with van der Waals surface area (Å²) >= 11 is 0. The number of fused-ring (bicyclic) bond motifs is 1. The number of nitrogens with zero attached hydrogens (tertiary/aromatic N) is 3. The first kappa shape index (κ1) is 14.0. The van der Waals surface area contributed by atoms with Gasteiger partial charge in [0.1, 0.15) is 17.2 Å². The van der Waals surface area contributed by atoms with Crippen LogP contribution in [0.1, 0.15) is 5.56 Å². The van der Waals surface area contributed by atoms with E-state index in [1.54, 1.807) is 14.0 Å². The summed E-state index contributed by atoms with van der Waals surface area (Å²) in [4.78, 5) is 6.62. The first-order chi connectivity index (χ1) is 9.77. The summed E-state index contributed by atoms with van der Waals surface area (Å²) in [6.07, 6.45) is 1.51. The Kier molecular flexibility index (Phi) is 3.03. The minimum atomic E-state index is -3.98. The van der Waals surface area contributed by atoms with E-state index in [0.717, 1.165) is 0 Å². The van der Waals surface area contributed by atoms with Crippen molar-refractivity contribution in [2.75, 3.05) is 0 Å². The molecule has 0 atom stereocenters. The van der Waals surface area contributed by atoms with E-state index in [-0.39, 0.29) is 10.5 Å². The van der Waals surface area contributed by atoms with Crippen LogP contribution in [0.2, 0.25) is 0 Å². The maximum Gasteiger partial charge on any atom is 0.276 e. The molecule has 0 saturated heterocycles. The van der Waals surface area contributed by atoms with E-state index in [0.29, 0.717) is 22.3 Å². The van der Waals surface area contributed by atoms with Crippen molar-refractivity contribution in [3.63, 3.8) is 0 Å². The lowest BCUT2D eigenvalue weighted by Crippen LogP contribution is -1.92. The molecule has 1 aromatic carbocycles. The Hall–Kier alpha value is -1.93. The number of hydrogen-bond acceptors (Lipinski definition) is 4. The highest BCUT2D eigenvalue weighted by molar-refractivity contribution is 8.13. The van der Waals surface area contributed by atoms with Crippen LogP contribution in [0.3, 0.4) is 0 Å². The Morgan fingerprint density at radius 3 is 2.67 bits per heavy atom. The van der Waals surface area contributed by atoms with Crippen LogP contribution in [0.4, 0.5) is 4.39 Å². The quantitative estimate of drug-likeness (QED) is 0.732. The second-order valence-electron chi connectivity index (χ2n) is 4.65. The van der Waals surface area contributed by atoms with Gasteiger partial charge in [-0.2, -0.15) is 5.10 Å². The van der Waals surface area contributed by atoms with Crippen LogP contribution in [-0.4, -0.2) is 28.2 Å². The summed E-state index contributed by atoms with van der Waals surface area (Å²) in [6.45, 7) is 1.70. The fourth-order valence-corrected chi connectivity index (χ4v) is 2.98. The number of rotatable bonds is 2. The topological polar surface area (TPSA) is 80.6 Å². The lowest BCUT2D eigenvalue weighted by molar-refractivity contribution is 0.606. The van der Waals surface area contributed by atoms with E-state index < -0.39 is 14.9 Å². The number of benzene rings is 1. The summed E-state index contributed by atoms with van der Waals surface area (Å²) in [7, 11) is 3.03. The number of H-pyrrole nitrogens is 1. The second kappa shape index (κ2) is 4.54. The molecule has 0 spiro atoms. The molecule has 2 heterocycles.